The maximum absolute atomic E-state index is 12.2. The van der Waals surface area contributed by atoms with Crippen molar-refractivity contribution in [2.45, 2.75) is 51.5 Å². The monoisotopic (exact) mass is 312 g/mol. The van der Waals surface area contributed by atoms with E-state index in [1.807, 2.05) is 20.8 Å². The van der Waals surface area contributed by atoms with Gasteiger partial charge in [0.05, 0.1) is 4.90 Å². The van der Waals surface area contributed by atoms with E-state index in [4.69, 9.17) is 0 Å². The molecular formula is C15H24N2O3S. The minimum atomic E-state index is -3.56. The minimum Gasteiger partial charge on any atom is -0.350 e. The SMILES string of the molecule is CCCCNS(=O)(=O)c1ccc(C)c(C(=O)NC(C)C)c1. The second kappa shape index (κ2) is 7.56. The van der Waals surface area contributed by atoms with Crippen molar-refractivity contribution in [1.29, 1.82) is 0 Å². The van der Waals surface area contributed by atoms with E-state index in [1.54, 1.807) is 13.0 Å². The molecule has 0 atom stereocenters. The number of hydrogen-bond donors (Lipinski definition) is 2. The first-order valence-electron chi connectivity index (χ1n) is 7.19. The fourth-order valence-corrected chi connectivity index (χ4v) is 2.92. The maximum atomic E-state index is 12.2. The molecule has 0 aliphatic carbocycles. The van der Waals surface area contributed by atoms with Gasteiger partial charge in [-0.15, -0.1) is 0 Å². The number of aryl methyl sites for hydroxylation is 1. The minimum absolute atomic E-state index is 0.000146. The van der Waals surface area contributed by atoms with Crippen molar-refractivity contribution in [1.82, 2.24) is 10.0 Å². The standard InChI is InChI=1S/C15H24N2O3S/c1-5-6-9-16-21(19,20)13-8-7-12(4)14(10-13)15(18)17-11(2)3/h7-8,10-11,16H,5-6,9H2,1-4H3,(H,17,18). The van der Waals surface area contributed by atoms with Crippen molar-refractivity contribution in [2.24, 2.45) is 0 Å². The van der Waals surface area contributed by atoms with Crippen LogP contribution < -0.4 is 10.0 Å². The molecule has 6 heteroatoms. The number of amides is 1. The van der Waals surface area contributed by atoms with Crippen LogP contribution in [-0.4, -0.2) is 26.9 Å². The number of hydrogen-bond acceptors (Lipinski definition) is 3. The lowest BCUT2D eigenvalue weighted by Gasteiger charge is -2.12. The van der Waals surface area contributed by atoms with Gasteiger partial charge in [0, 0.05) is 18.2 Å². The van der Waals surface area contributed by atoms with Gasteiger partial charge in [-0.05, 0) is 44.9 Å². The van der Waals surface area contributed by atoms with Gasteiger partial charge >= 0.3 is 0 Å². The number of carbonyl (C=O) groups is 1. The molecule has 0 aliphatic heterocycles. The first-order valence-corrected chi connectivity index (χ1v) is 8.67. The molecule has 5 nitrogen and oxygen atoms in total. The van der Waals surface area contributed by atoms with Crippen LogP contribution in [0.2, 0.25) is 0 Å². The van der Waals surface area contributed by atoms with Gasteiger partial charge in [-0.3, -0.25) is 4.79 Å². The molecule has 0 unspecified atom stereocenters. The van der Waals surface area contributed by atoms with Crippen molar-refractivity contribution < 1.29 is 13.2 Å². The molecule has 0 saturated heterocycles. The van der Waals surface area contributed by atoms with Crippen LogP contribution in [-0.2, 0) is 10.0 Å². The number of rotatable bonds is 7. The summed E-state index contributed by atoms with van der Waals surface area (Å²) < 4.78 is 26.9. The molecule has 21 heavy (non-hydrogen) atoms. The van der Waals surface area contributed by atoms with Crippen LogP contribution in [0, 0.1) is 6.92 Å². The van der Waals surface area contributed by atoms with Crippen molar-refractivity contribution in [2.75, 3.05) is 6.54 Å². The highest BCUT2D eigenvalue weighted by molar-refractivity contribution is 7.89. The van der Waals surface area contributed by atoms with Crippen LogP contribution in [0.4, 0.5) is 0 Å². The third-order valence-electron chi connectivity index (χ3n) is 3.01. The molecular weight excluding hydrogens is 288 g/mol. The molecule has 2 N–H and O–H groups in total. The van der Waals surface area contributed by atoms with Gasteiger partial charge < -0.3 is 5.32 Å². The van der Waals surface area contributed by atoms with Gasteiger partial charge in [-0.1, -0.05) is 19.4 Å². The topological polar surface area (TPSA) is 75.3 Å². The Morgan fingerprint density at radius 3 is 2.52 bits per heavy atom. The molecule has 0 aliphatic rings. The molecule has 0 radical (unpaired) electrons. The molecule has 1 aromatic rings. The molecule has 0 aromatic heterocycles. The van der Waals surface area contributed by atoms with Crippen molar-refractivity contribution in [3.63, 3.8) is 0 Å². The van der Waals surface area contributed by atoms with E-state index in [0.717, 1.165) is 18.4 Å². The quantitative estimate of drug-likeness (QED) is 0.758. The predicted octanol–water partition coefficient (Wildman–Crippen LogP) is 2.21. The van der Waals surface area contributed by atoms with Crippen LogP contribution >= 0.6 is 0 Å². The highest BCUT2D eigenvalue weighted by Crippen LogP contribution is 2.16. The Bertz CT molecular complexity index is 595. The van der Waals surface area contributed by atoms with E-state index in [-0.39, 0.29) is 16.8 Å². The number of carbonyl (C=O) groups excluding carboxylic acids is 1. The summed E-state index contributed by atoms with van der Waals surface area (Å²) in [5.41, 5.74) is 1.14. The van der Waals surface area contributed by atoms with E-state index in [1.165, 1.54) is 12.1 Å². The molecule has 0 saturated carbocycles. The Morgan fingerprint density at radius 1 is 1.29 bits per heavy atom. The maximum Gasteiger partial charge on any atom is 0.251 e. The first kappa shape index (κ1) is 17.7. The summed E-state index contributed by atoms with van der Waals surface area (Å²) >= 11 is 0. The lowest BCUT2D eigenvalue weighted by molar-refractivity contribution is 0.0942. The highest BCUT2D eigenvalue weighted by Gasteiger charge is 2.17. The summed E-state index contributed by atoms with van der Waals surface area (Å²) in [7, 11) is -3.56. The second-order valence-electron chi connectivity index (χ2n) is 5.36. The van der Waals surface area contributed by atoms with Gasteiger partial charge in [-0.25, -0.2) is 13.1 Å². The summed E-state index contributed by atoms with van der Waals surface area (Å²) in [5, 5.41) is 2.78. The summed E-state index contributed by atoms with van der Waals surface area (Å²) in [6.45, 7) is 7.91. The van der Waals surface area contributed by atoms with Crippen molar-refractivity contribution >= 4 is 15.9 Å². The zero-order valence-electron chi connectivity index (χ0n) is 13.1. The van der Waals surface area contributed by atoms with E-state index in [2.05, 4.69) is 10.0 Å². The third-order valence-corrected chi connectivity index (χ3v) is 4.46. The average molecular weight is 312 g/mol. The molecule has 0 heterocycles. The Kier molecular flexibility index (Phi) is 6.36. The van der Waals surface area contributed by atoms with Crippen LogP contribution in [0.25, 0.3) is 0 Å². The molecule has 0 spiro atoms. The van der Waals surface area contributed by atoms with Gasteiger partial charge in [0.25, 0.3) is 5.91 Å². The number of unbranched alkanes of at least 4 members (excludes halogenated alkanes) is 1. The first-order chi connectivity index (χ1) is 9.77. The predicted molar refractivity (Wildman–Crippen MR) is 83.9 cm³/mol. The van der Waals surface area contributed by atoms with E-state index < -0.39 is 10.0 Å². The molecule has 0 fully saturated rings. The zero-order valence-corrected chi connectivity index (χ0v) is 13.9. The average Bonchev–Trinajstić information content (AvgIpc) is 2.38. The van der Waals surface area contributed by atoms with Gasteiger partial charge in [0.1, 0.15) is 0 Å². The second-order valence-corrected chi connectivity index (χ2v) is 7.12. The van der Waals surface area contributed by atoms with Crippen LogP contribution in [0.3, 0.4) is 0 Å². The summed E-state index contributed by atoms with van der Waals surface area (Å²) in [6.07, 6.45) is 1.70. The number of sulfonamides is 1. The fourth-order valence-electron chi connectivity index (χ4n) is 1.82. The van der Waals surface area contributed by atoms with Gasteiger partial charge in [0.2, 0.25) is 10.0 Å². The van der Waals surface area contributed by atoms with E-state index >= 15 is 0 Å². The number of nitrogens with one attached hydrogen (secondary N) is 2. The summed E-state index contributed by atoms with van der Waals surface area (Å²) in [5.74, 6) is -0.256. The fraction of sp³-hybridized carbons (Fsp3) is 0.533. The van der Waals surface area contributed by atoms with E-state index in [0.29, 0.717) is 12.1 Å². The Hall–Kier alpha value is -1.40. The zero-order chi connectivity index (χ0) is 16.0. The van der Waals surface area contributed by atoms with Crippen molar-refractivity contribution in [3.8, 4) is 0 Å². The Morgan fingerprint density at radius 2 is 1.95 bits per heavy atom. The highest BCUT2D eigenvalue weighted by atomic mass is 32.2. The van der Waals surface area contributed by atoms with Crippen molar-refractivity contribution in [3.05, 3.63) is 29.3 Å². The Balaban J connectivity index is 3.03. The third kappa shape index (κ3) is 5.13. The molecule has 1 rings (SSSR count). The summed E-state index contributed by atoms with van der Waals surface area (Å²) in [4.78, 5) is 12.2. The van der Waals surface area contributed by atoms with E-state index in [9.17, 15) is 13.2 Å². The molecule has 1 aromatic carbocycles. The lowest BCUT2D eigenvalue weighted by Crippen LogP contribution is -2.31. The van der Waals surface area contributed by atoms with Gasteiger partial charge in [-0.2, -0.15) is 0 Å². The van der Waals surface area contributed by atoms with Crippen LogP contribution in [0.1, 0.15) is 49.5 Å². The van der Waals surface area contributed by atoms with Crippen LogP contribution in [0.15, 0.2) is 23.1 Å². The summed E-state index contributed by atoms with van der Waals surface area (Å²) in [6, 6.07) is 4.61. The van der Waals surface area contributed by atoms with Gasteiger partial charge in [0.15, 0.2) is 0 Å². The Labute approximate surface area is 127 Å². The lowest BCUT2D eigenvalue weighted by atomic mass is 10.1. The normalized spacial score (nSPS) is 11.7. The largest absolute Gasteiger partial charge is 0.350 e. The smallest absolute Gasteiger partial charge is 0.251 e. The number of benzene rings is 1. The molecule has 0 bridgehead atoms. The molecule has 1 amide bonds. The van der Waals surface area contributed by atoms with Crippen LogP contribution in [0.5, 0.6) is 0 Å². The molecule has 118 valence electrons.